The highest BCUT2D eigenvalue weighted by Crippen LogP contribution is 2.50. The summed E-state index contributed by atoms with van der Waals surface area (Å²) in [5.41, 5.74) is 2.86. The lowest BCUT2D eigenvalue weighted by atomic mass is 9.63. The lowest BCUT2D eigenvalue weighted by Crippen LogP contribution is -2.52. The van der Waals surface area contributed by atoms with E-state index in [1.54, 1.807) is 5.56 Å². The van der Waals surface area contributed by atoms with Gasteiger partial charge < -0.3 is 4.98 Å². The molecule has 1 aromatic heterocycles. The van der Waals surface area contributed by atoms with Crippen LogP contribution in [0.3, 0.4) is 0 Å². The number of fused-ring (bicyclic) bond motifs is 3. The first kappa shape index (κ1) is 13.9. The van der Waals surface area contributed by atoms with Gasteiger partial charge in [0.2, 0.25) is 0 Å². The average Bonchev–Trinajstić information content (AvgIpc) is 3.06. The number of aromatic nitrogens is 1. The van der Waals surface area contributed by atoms with Crippen LogP contribution in [0, 0.1) is 11.8 Å². The average molecular weight is 306 g/mol. The molecule has 2 aromatic rings. The maximum Gasteiger partial charge on any atom is 0.0456 e. The second kappa shape index (κ2) is 5.52. The first-order valence-corrected chi connectivity index (χ1v) is 9.40. The van der Waals surface area contributed by atoms with Gasteiger partial charge in [0.1, 0.15) is 0 Å². The number of nitrogens with zero attached hydrogens (tertiary/aromatic N) is 1. The third kappa shape index (κ3) is 2.19. The smallest absolute Gasteiger partial charge is 0.0456 e. The molecule has 0 amide bonds. The van der Waals surface area contributed by atoms with Crippen molar-refractivity contribution in [1.29, 1.82) is 0 Å². The van der Waals surface area contributed by atoms with Gasteiger partial charge in [0.05, 0.1) is 0 Å². The lowest BCUT2D eigenvalue weighted by molar-refractivity contribution is 0.0611. The summed E-state index contributed by atoms with van der Waals surface area (Å²) >= 11 is 0. The molecule has 4 aliphatic rings. The summed E-state index contributed by atoms with van der Waals surface area (Å²) in [5, 5.41) is 1.44. The molecule has 2 heteroatoms. The number of piperidine rings is 1. The fourth-order valence-electron chi connectivity index (χ4n) is 5.47. The number of likely N-dealkylation sites (tertiary alicyclic amines) is 1. The minimum absolute atomic E-state index is 0.674. The predicted octanol–water partition coefficient (Wildman–Crippen LogP) is 4.70. The molecule has 2 nitrogen and oxygen atoms in total. The number of H-pyrrole nitrogens is 1. The Labute approximate surface area is 138 Å². The van der Waals surface area contributed by atoms with Crippen LogP contribution in [-0.2, 0) is 0 Å². The summed E-state index contributed by atoms with van der Waals surface area (Å²) < 4.78 is 0. The molecule has 6 rings (SSSR count). The molecule has 3 aliphatic carbocycles. The largest absolute Gasteiger partial charge is 0.361 e. The molecular weight excluding hydrogens is 280 g/mol. The van der Waals surface area contributed by atoms with Gasteiger partial charge in [-0.15, -0.1) is 0 Å². The van der Waals surface area contributed by atoms with Gasteiger partial charge in [0.15, 0.2) is 0 Å². The zero-order valence-electron chi connectivity index (χ0n) is 13.7. The Morgan fingerprint density at radius 3 is 2.52 bits per heavy atom. The van der Waals surface area contributed by atoms with E-state index in [0.29, 0.717) is 5.92 Å². The molecule has 0 unspecified atom stereocenters. The Kier molecular flexibility index (Phi) is 3.33. The van der Waals surface area contributed by atoms with Crippen molar-refractivity contribution in [3.63, 3.8) is 0 Å². The fraction of sp³-hybridized carbons (Fsp3) is 0.524. The monoisotopic (exact) mass is 306 g/mol. The van der Waals surface area contributed by atoms with Crippen molar-refractivity contribution in [2.24, 2.45) is 11.8 Å². The maximum atomic E-state index is 3.53. The molecule has 1 saturated heterocycles. The summed E-state index contributed by atoms with van der Waals surface area (Å²) in [4.78, 5) is 6.36. The van der Waals surface area contributed by atoms with Crippen molar-refractivity contribution in [1.82, 2.24) is 9.88 Å². The van der Waals surface area contributed by atoms with Crippen LogP contribution in [0.1, 0.15) is 43.6 Å². The Hall–Kier alpha value is -1.54. The number of nitrogens with one attached hydrogen (secondary N) is 1. The van der Waals surface area contributed by atoms with Gasteiger partial charge in [-0.2, -0.15) is 0 Å². The molecule has 23 heavy (non-hydrogen) atoms. The van der Waals surface area contributed by atoms with Crippen molar-refractivity contribution >= 4 is 10.9 Å². The molecular formula is C21H26N2. The van der Waals surface area contributed by atoms with Gasteiger partial charge in [0, 0.05) is 29.1 Å². The summed E-state index contributed by atoms with van der Waals surface area (Å²) in [7, 11) is 0. The molecule has 2 fully saturated rings. The Bertz CT molecular complexity index is 722. The van der Waals surface area contributed by atoms with Crippen molar-refractivity contribution < 1.29 is 0 Å². The SMILES string of the molecule is C1=C[C@H]2CC[C@@H]1[C@H](c1c[nH]c3ccccc13)[C@H]2N1CCCCC1. The Morgan fingerprint density at radius 2 is 1.70 bits per heavy atom. The number of benzene rings is 1. The van der Waals surface area contributed by atoms with Crippen LogP contribution in [0.5, 0.6) is 0 Å². The zero-order valence-corrected chi connectivity index (χ0v) is 13.7. The van der Waals surface area contributed by atoms with Crippen LogP contribution >= 0.6 is 0 Å². The standard InChI is InChI=1S/C21H26N2/c1-4-12-23(13-5-1)21-16-10-8-15(9-11-16)20(21)18-14-22-19-7-3-2-6-17(18)19/h2-3,6-8,10,14-16,20-22H,1,4-5,9,11-13H2/t15-,16+,20-,21+/m1/s1. The molecule has 0 radical (unpaired) electrons. The van der Waals surface area contributed by atoms with E-state index in [0.717, 1.165) is 17.9 Å². The highest BCUT2D eigenvalue weighted by Gasteiger charge is 2.44. The number of hydrogen-bond donors (Lipinski definition) is 1. The number of allylic oxidation sites excluding steroid dienone is 1. The molecule has 1 aliphatic heterocycles. The van der Waals surface area contributed by atoms with E-state index in [-0.39, 0.29) is 0 Å². The van der Waals surface area contributed by atoms with E-state index in [9.17, 15) is 0 Å². The first-order chi connectivity index (χ1) is 11.4. The first-order valence-electron chi connectivity index (χ1n) is 9.40. The number of aromatic amines is 1. The van der Waals surface area contributed by atoms with Crippen molar-refractivity contribution in [3.8, 4) is 0 Å². The quantitative estimate of drug-likeness (QED) is 0.797. The van der Waals surface area contributed by atoms with Gasteiger partial charge in [-0.1, -0.05) is 36.8 Å². The molecule has 2 bridgehead atoms. The highest BCUT2D eigenvalue weighted by atomic mass is 15.2. The van der Waals surface area contributed by atoms with Crippen LogP contribution in [0.4, 0.5) is 0 Å². The van der Waals surface area contributed by atoms with Crippen molar-refractivity contribution in [3.05, 3.63) is 48.2 Å². The lowest BCUT2D eigenvalue weighted by Gasteiger charge is -2.51. The third-order valence-electron chi connectivity index (χ3n) is 6.50. The Balaban J connectivity index is 1.59. The van der Waals surface area contributed by atoms with Crippen LogP contribution in [0.15, 0.2) is 42.6 Å². The molecule has 120 valence electrons. The second-order valence-electron chi connectivity index (χ2n) is 7.69. The van der Waals surface area contributed by atoms with E-state index in [2.05, 4.69) is 52.5 Å². The van der Waals surface area contributed by atoms with Gasteiger partial charge in [-0.05, 0) is 62.2 Å². The van der Waals surface area contributed by atoms with Gasteiger partial charge in [-0.3, -0.25) is 4.90 Å². The summed E-state index contributed by atoms with van der Waals surface area (Å²) in [6.45, 7) is 2.61. The zero-order chi connectivity index (χ0) is 15.2. The summed E-state index contributed by atoms with van der Waals surface area (Å²) in [5.74, 6) is 2.16. The van der Waals surface area contributed by atoms with Crippen LogP contribution < -0.4 is 0 Å². The summed E-state index contributed by atoms with van der Waals surface area (Å²) in [6, 6.07) is 9.56. The number of hydrogen-bond acceptors (Lipinski definition) is 1. The molecule has 1 N–H and O–H groups in total. The van der Waals surface area contributed by atoms with E-state index in [4.69, 9.17) is 0 Å². The fourth-order valence-corrected chi connectivity index (χ4v) is 5.47. The molecule has 1 saturated carbocycles. The van der Waals surface area contributed by atoms with E-state index < -0.39 is 0 Å². The molecule has 0 spiro atoms. The third-order valence-corrected chi connectivity index (χ3v) is 6.50. The van der Waals surface area contributed by atoms with E-state index >= 15 is 0 Å². The maximum absolute atomic E-state index is 3.53. The molecule has 4 atom stereocenters. The predicted molar refractivity (Wildman–Crippen MR) is 95.6 cm³/mol. The van der Waals surface area contributed by atoms with E-state index in [1.165, 1.54) is 56.1 Å². The molecule has 2 heterocycles. The van der Waals surface area contributed by atoms with E-state index in [1.807, 2.05) is 0 Å². The van der Waals surface area contributed by atoms with Crippen LogP contribution in [0.25, 0.3) is 10.9 Å². The van der Waals surface area contributed by atoms with Crippen LogP contribution in [-0.4, -0.2) is 29.0 Å². The normalized spacial score (nSPS) is 34.3. The second-order valence-corrected chi connectivity index (χ2v) is 7.69. The van der Waals surface area contributed by atoms with Gasteiger partial charge in [0.25, 0.3) is 0 Å². The molecule has 1 aromatic carbocycles. The topological polar surface area (TPSA) is 19.0 Å². The van der Waals surface area contributed by atoms with Crippen molar-refractivity contribution in [2.75, 3.05) is 13.1 Å². The van der Waals surface area contributed by atoms with Crippen molar-refractivity contribution in [2.45, 2.75) is 44.1 Å². The van der Waals surface area contributed by atoms with Gasteiger partial charge in [-0.25, -0.2) is 0 Å². The highest BCUT2D eigenvalue weighted by molar-refractivity contribution is 5.83. The number of para-hydroxylation sites is 1. The van der Waals surface area contributed by atoms with Crippen LogP contribution in [0.2, 0.25) is 0 Å². The minimum atomic E-state index is 0.674. The summed E-state index contributed by atoms with van der Waals surface area (Å²) in [6.07, 6.45) is 14.3. The number of rotatable bonds is 2. The van der Waals surface area contributed by atoms with Gasteiger partial charge >= 0.3 is 0 Å². The Morgan fingerprint density at radius 1 is 0.913 bits per heavy atom. The minimum Gasteiger partial charge on any atom is -0.361 e.